The molecule has 8 heteroatoms. The third-order valence-corrected chi connectivity index (χ3v) is 5.54. The maximum Gasteiger partial charge on any atom is 0.248 e. The fourth-order valence-corrected chi connectivity index (χ4v) is 4.07. The molecular formula is C18H26N4O4. The zero-order valence-corrected chi connectivity index (χ0v) is 15.0. The monoisotopic (exact) mass is 362 g/mol. The van der Waals surface area contributed by atoms with Crippen LogP contribution in [0.15, 0.2) is 6.20 Å². The Morgan fingerprint density at radius 1 is 1.38 bits per heavy atom. The van der Waals surface area contributed by atoms with Gasteiger partial charge in [0.15, 0.2) is 0 Å². The molecule has 0 aliphatic carbocycles. The maximum atomic E-state index is 12.4. The molecule has 26 heavy (non-hydrogen) atoms. The van der Waals surface area contributed by atoms with Crippen LogP contribution in [0.25, 0.3) is 0 Å². The van der Waals surface area contributed by atoms with Crippen LogP contribution in [0.3, 0.4) is 0 Å². The van der Waals surface area contributed by atoms with E-state index in [0.29, 0.717) is 39.1 Å². The van der Waals surface area contributed by atoms with Crippen LogP contribution in [0.1, 0.15) is 36.9 Å². The van der Waals surface area contributed by atoms with Gasteiger partial charge in [-0.25, -0.2) is 9.97 Å². The lowest BCUT2D eigenvalue weighted by atomic mass is 9.83. The Balaban J connectivity index is 1.33. The van der Waals surface area contributed by atoms with Gasteiger partial charge in [0.1, 0.15) is 12.2 Å². The van der Waals surface area contributed by atoms with Crippen molar-refractivity contribution in [1.29, 1.82) is 0 Å². The highest BCUT2D eigenvalue weighted by molar-refractivity contribution is 5.77. The lowest BCUT2D eigenvalue weighted by Gasteiger charge is -2.44. The molecule has 1 spiro atoms. The van der Waals surface area contributed by atoms with Gasteiger partial charge in [0, 0.05) is 25.9 Å². The van der Waals surface area contributed by atoms with E-state index in [1.54, 1.807) is 6.20 Å². The van der Waals surface area contributed by atoms with Gasteiger partial charge in [-0.3, -0.25) is 4.79 Å². The van der Waals surface area contributed by atoms with Crippen molar-refractivity contribution in [2.24, 2.45) is 0 Å². The minimum absolute atomic E-state index is 0.0241. The van der Waals surface area contributed by atoms with E-state index in [9.17, 15) is 4.79 Å². The molecule has 0 aromatic carbocycles. The normalized spacial score (nSPS) is 24.6. The summed E-state index contributed by atoms with van der Waals surface area (Å²) in [6.45, 7) is 3.32. The molecule has 0 radical (unpaired) electrons. The third-order valence-electron chi connectivity index (χ3n) is 5.54. The Morgan fingerprint density at radius 3 is 3.00 bits per heavy atom. The Bertz CT molecular complexity index is 655. The van der Waals surface area contributed by atoms with Gasteiger partial charge in [0.2, 0.25) is 11.9 Å². The number of aromatic nitrogens is 2. The smallest absolute Gasteiger partial charge is 0.248 e. The molecule has 142 valence electrons. The minimum atomic E-state index is -0.444. The molecule has 4 heterocycles. The summed E-state index contributed by atoms with van der Waals surface area (Å²) >= 11 is 0. The molecule has 3 aliphatic rings. The zero-order valence-electron chi connectivity index (χ0n) is 15.0. The van der Waals surface area contributed by atoms with Crippen LogP contribution in [0.2, 0.25) is 0 Å². The number of carbonyl (C=O) groups is 1. The number of nitrogens with two attached hydrogens (primary N) is 1. The summed E-state index contributed by atoms with van der Waals surface area (Å²) in [5.74, 6) is 0.297. The summed E-state index contributed by atoms with van der Waals surface area (Å²) < 4.78 is 17.2. The number of piperidine rings is 1. The largest absolute Gasteiger partial charge is 0.376 e. The number of hydrogen-bond donors (Lipinski definition) is 1. The van der Waals surface area contributed by atoms with E-state index in [4.69, 9.17) is 19.9 Å². The first-order chi connectivity index (χ1) is 12.7. The Labute approximate surface area is 153 Å². The SMILES string of the molecule is Nc1ncc2c(n1)C1(CCN(C(=O)COCC3CCCO3)CC1)OCC2. The van der Waals surface area contributed by atoms with Crippen molar-refractivity contribution in [2.75, 3.05) is 45.3 Å². The highest BCUT2D eigenvalue weighted by Crippen LogP contribution is 2.40. The summed E-state index contributed by atoms with van der Waals surface area (Å²) in [7, 11) is 0. The molecule has 3 aliphatic heterocycles. The predicted octanol–water partition coefficient (Wildman–Crippen LogP) is 0.645. The van der Waals surface area contributed by atoms with Gasteiger partial charge in [-0.1, -0.05) is 0 Å². The number of hydrogen-bond acceptors (Lipinski definition) is 7. The molecule has 2 fully saturated rings. The minimum Gasteiger partial charge on any atom is -0.376 e. The van der Waals surface area contributed by atoms with Crippen LogP contribution in [0.5, 0.6) is 0 Å². The third kappa shape index (κ3) is 3.54. The first-order valence-electron chi connectivity index (χ1n) is 9.39. The Kier molecular flexibility index (Phi) is 5.06. The summed E-state index contributed by atoms with van der Waals surface area (Å²) in [5, 5.41) is 0. The van der Waals surface area contributed by atoms with E-state index < -0.39 is 5.60 Å². The van der Waals surface area contributed by atoms with Crippen molar-refractivity contribution in [3.8, 4) is 0 Å². The molecule has 2 N–H and O–H groups in total. The zero-order chi connectivity index (χ0) is 18.0. The van der Waals surface area contributed by atoms with Crippen molar-refractivity contribution in [1.82, 2.24) is 14.9 Å². The highest BCUT2D eigenvalue weighted by atomic mass is 16.5. The quantitative estimate of drug-likeness (QED) is 0.839. The molecule has 4 rings (SSSR count). The van der Waals surface area contributed by atoms with Crippen molar-refractivity contribution in [3.63, 3.8) is 0 Å². The van der Waals surface area contributed by atoms with E-state index in [0.717, 1.165) is 37.1 Å². The van der Waals surface area contributed by atoms with Crippen molar-refractivity contribution >= 4 is 11.9 Å². The van der Waals surface area contributed by atoms with Gasteiger partial charge < -0.3 is 24.8 Å². The Morgan fingerprint density at radius 2 is 2.23 bits per heavy atom. The first kappa shape index (κ1) is 17.6. The van der Waals surface area contributed by atoms with E-state index >= 15 is 0 Å². The Hall–Kier alpha value is -1.77. The second-order valence-corrected chi connectivity index (χ2v) is 7.23. The molecule has 0 bridgehead atoms. The number of nitrogen functional groups attached to an aromatic ring is 1. The average molecular weight is 362 g/mol. The van der Waals surface area contributed by atoms with Crippen LogP contribution in [0, 0.1) is 0 Å². The molecule has 1 atom stereocenters. The van der Waals surface area contributed by atoms with Crippen LogP contribution >= 0.6 is 0 Å². The summed E-state index contributed by atoms with van der Waals surface area (Å²) in [6.07, 6.45) is 6.27. The lowest BCUT2D eigenvalue weighted by molar-refractivity contribution is -0.146. The maximum absolute atomic E-state index is 12.4. The summed E-state index contributed by atoms with van der Waals surface area (Å²) in [4.78, 5) is 22.8. The molecule has 2 saturated heterocycles. The van der Waals surface area contributed by atoms with Gasteiger partial charge >= 0.3 is 0 Å². The van der Waals surface area contributed by atoms with Crippen LogP contribution in [-0.4, -0.2) is 66.4 Å². The molecule has 0 saturated carbocycles. The molecular weight excluding hydrogens is 336 g/mol. The standard InChI is InChI=1S/C18H26N4O4/c19-17-20-10-13-3-9-26-18(16(13)21-17)4-6-22(7-5-18)15(23)12-24-11-14-2-1-8-25-14/h10,14H,1-9,11-12H2,(H2,19,20,21). The molecule has 1 aromatic rings. The van der Waals surface area contributed by atoms with Crippen molar-refractivity contribution < 1.29 is 19.0 Å². The first-order valence-corrected chi connectivity index (χ1v) is 9.39. The fraction of sp³-hybridized carbons (Fsp3) is 0.722. The molecule has 1 aromatic heterocycles. The van der Waals surface area contributed by atoms with Crippen LogP contribution in [0.4, 0.5) is 5.95 Å². The molecule has 1 unspecified atom stereocenters. The van der Waals surface area contributed by atoms with Crippen molar-refractivity contribution in [2.45, 2.75) is 43.8 Å². The second-order valence-electron chi connectivity index (χ2n) is 7.23. The fourth-order valence-electron chi connectivity index (χ4n) is 4.07. The number of amides is 1. The topological polar surface area (TPSA) is 99.8 Å². The molecule has 1 amide bonds. The number of likely N-dealkylation sites (tertiary alicyclic amines) is 1. The average Bonchev–Trinajstić information content (AvgIpc) is 3.17. The summed E-state index contributed by atoms with van der Waals surface area (Å²) in [6, 6.07) is 0. The van der Waals surface area contributed by atoms with E-state index in [1.165, 1.54) is 0 Å². The number of nitrogens with zero attached hydrogens (tertiary/aromatic N) is 3. The van der Waals surface area contributed by atoms with Gasteiger partial charge in [-0.15, -0.1) is 0 Å². The van der Waals surface area contributed by atoms with Crippen LogP contribution < -0.4 is 5.73 Å². The number of rotatable bonds is 4. The van der Waals surface area contributed by atoms with E-state index in [-0.39, 0.29) is 24.6 Å². The van der Waals surface area contributed by atoms with Gasteiger partial charge in [0.25, 0.3) is 0 Å². The van der Waals surface area contributed by atoms with Crippen LogP contribution in [-0.2, 0) is 31.0 Å². The highest BCUT2D eigenvalue weighted by Gasteiger charge is 2.43. The summed E-state index contributed by atoms with van der Waals surface area (Å²) in [5.41, 5.74) is 7.34. The second kappa shape index (κ2) is 7.46. The van der Waals surface area contributed by atoms with E-state index in [2.05, 4.69) is 9.97 Å². The van der Waals surface area contributed by atoms with E-state index in [1.807, 2.05) is 4.90 Å². The lowest BCUT2D eigenvalue weighted by Crippen LogP contribution is -2.49. The van der Waals surface area contributed by atoms with Gasteiger partial charge in [-0.2, -0.15) is 0 Å². The predicted molar refractivity (Wildman–Crippen MR) is 93.4 cm³/mol. The number of anilines is 1. The number of fused-ring (bicyclic) bond motifs is 2. The van der Waals surface area contributed by atoms with Crippen molar-refractivity contribution in [3.05, 3.63) is 17.5 Å². The van der Waals surface area contributed by atoms with Gasteiger partial charge in [0.05, 0.1) is 25.0 Å². The van der Waals surface area contributed by atoms with Gasteiger partial charge in [-0.05, 0) is 37.7 Å². The number of ether oxygens (including phenoxy) is 3. The number of carbonyl (C=O) groups excluding carboxylic acids is 1. The molecule has 8 nitrogen and oxygen atoms in total.